The van der Waals surface area contributed by atoms with Gasteiger partial charge in [0.15, 0.2) is 17.2 Å². The van der Waals surface area contributed by atoms with Crippen LogP contribution >= 0.6 is 0 Å². The summed E-state index contributed by atoms with van der Waals surface area (Å²) in [6.45, 7) is 2.20. The molecule has 1 unspecified atom stereocenters. The van der Waals surface area contributed by atoms with Gasteiger partial charge in [0, 0.05) is 24.6 Å². The fourth-order valence-electron chi connectivity index (χ4n) is 2.13. The summed E-state index contributed by atoms with van der Waals surface area (Å²) in [6, 6.07) is 4.56. The van der Waals surface area contributed by atoms with Crippen LogP contribution in [-0.4, -0.2) is 37.4 Å². The Morgan fingerprint density at radius 1 is 1.52 bits per heavy atom. The van der Waals surface area contributed by atoms with E-state index in [0.29, 0.717) is 17.4 Å². The summed E-state index contributed by atoms with van der Waals surface area (Å²) in [5, 5.41) is 12.7. The minimum Gasteiger partial charge on any atom is -0.448 e. The molecule has 6 heteroatoms. The van der Waals surface area contributed by atoms with Gasteiger partial charge in [-0.15, -0.1) is 0 Å². The van der Waals surface area contributed by atoms with E-state index < -0.39 is 17.8 Å². The summed E-state index contributed by atoms with van der Waals surface area (Å²) >= 11 is 0. The van der Waals surface area contributed by atoms with Crippen LogP contribution in [0.15, 0.2) is 22.6 Å². The van der Waals surface area contributed by atoms with Crippen molar-refractivity contribution in [2.45, 2.75) is 19.4 Å². The van der Waals surface area contributed by atoms with E-state index in [9.17, 15) is 14.3 Å². The van der Waals surface area contributed by atoms with Crippen molar-refractivity contribution in [3.05, 3.63) is 35.3 Å². The summed E-state index contributed by atoms with van der Waals surface area (Å²) < 4.78 is 23.7. The molecule has 0 saturated heterocycles. The minimum atomic E-state index is -0.635. The van der Waals surface area contributed by atoms with Crippen LogP contribution in [0.5, 0.6) is 0 Å². The van der Waals surface area contributed by atoms with E-state index in [4.69, 9.17) is 9.15 Å². The van der Waals surface area contributed by atoms with Crippen LogP contribution in [-0.2, 0) is 4.74 Å². The van der Waals surface area contributed by atoms with Gasteiger partial charge < -0.3 is 19.6 Å². The molecule has 2 rings (SSSR count). The molecule has 0 aliphatic rings. The van der Waals surface area contributed by atoms with Crippen molar-refractivity contribution in [3.63, 3.8) is 0 Å². The molecule has 2 N–H and O–H groups in total. The molecule has 1 aromatic heterocycles. The number of amides is 1. The Morgan fingerprint density at radius 2 is 2.29 bits per heavy atom. The zero-order chi connectivity index (χ0) is 15.4. The van der Waals surface area contributed by atoms with E-state index in [1.165, 1.54) is 13.2 Å². The molecule has 0 bridgehead atoms. The summed E-state index contributed by atoms with van der Waals surface area (Å²) in [7, 11) is 1.49. The van der Waals surface area contributed by atoms with Crippen LogP contribution < -0.4 is 5.32 Å². The van der Waals surface area contributed by atoms with E-state index in [0.717, 1.165) is 0 Å². The molecular weight excluding hydrogens is 277 g/mol. The van der Waals surface area contributed by atoms with Gasteiger partial charge in [-0.3, -0.25) is 4.79 Å². The first-order valence-electron chi connectivity index (χ1n) is 6.67. The Hall–Kier alpha value is -1.92. The number of ether oxygens (including phenoxy) is 1. The van der Waals surface area contributed by atoms with Gasteiger partial charge >= 0.3 is 0 Å². The highest BCUT2D eigenvalue weighted by molar-refractivity contribution is 5.98. The maximum Gasteiger partial charge on any atom is 0.287 e. The number of hydrogen-bond donors (Lipinski definition) is 2. The molecule has 0 aliphatic carbocycles. The predicted molar refractivity (Wildman–Crippen MR) is 75.7 cm³/mol. The van der Waals surface area contributed by atoms with Gasteiger partial charge in [-0.1, -0.05) is 12.1 Å². The van der Waals surface area contributed by atoms with Crippen molar-refractivity contribution in [2.24, 2.45) is 0 Å². The largest absolute Gasteiger partial charge is 0.448 e. The van der Waals surface area contributed by atoms with E-state index in [1.807, 2.05) is 0 Å². The van der Waals surface area contributed by atoms with Crippen molar-refractivity contribution >= 4 is 16.9 Å². The first-order valence-corrected chi connectivity index (χ1v) is 6.67. The van der Waals surface area contributed by atoms with E-state index in [1.54, 1.807) is 19.1 Å². The molecule has 114 valence electrons. The quantitative estimate of drug-likeness (QED) is 0.855. The van der Waals surface area contributed by atoms with Crippen LogP contribution in [0.1, 0.15) is 22.5 Å². The number of methoxy groups -OCH3 is 1. The molecule has 0 fully saturated rings. The number of aryl methyl sites for hydroxylation is 1. The summed E-state index contributed by atoms with van der Waals surface area (Å²) in [5.41, 5.74) is 0.680. The fraction of sp³-hybridized carbons (Fsp3) is 0.400. The van der Waals surface area contributed by atoms with Crippen LogP contribution in [0.4, 0.5) is 4.39 Å². The number of carbonyl (C=O) groups is 1. The highest BCUT2D eigenvalue weighted by Crippen LogP contribution is 2.27. The average Bonchev–Trinajstić information content (AvgIpc) is 2.78. The molecule has 5 nitrogen and oxygen atoms in total. The summed E-state index contributed by atoms with van der Waals surface area (Å²) in [4.78, 5) is 12.0. The topological polar surface area (TPSA) is 71.7 Å². The normalized spacial score (nSPS) is 12.6. The predicted octanol–water partition coefficient (Wildman–Crippen LogP) is 2.01. The number of nitrogens with one attached hydrogen (secondary N) is 1. The number of hydrogen-bond acceptors (Lipinski definition) is 4. The van der Waals surface area contributed by atoms with Crippen molar-refractivity contribution in [2.75, 3.05) is 20.3 Å². The van der Waals surface area contributed by atoms with Gasteiger partial charge in [0.1, 0.15) is 0 Å². The van der Waals surface area contributed by atoms with E-state index in [-0.39, 0.29) is 24.5 Å². The van der Waals surface area contributed by atoms with Gasteiger partial charge in [0.25, 0.3) is 5.91 Å². The highest BCUT2D eigenvalue weighted by Gasteiger charge is 2.19. The lowest BCUT2D eigenvalue weighted by Gasteiger charge is -2.09. The fourth-order valence-corrected chi connectivity index (χ4v) is 2.13. The van der Waals surface area contributed by atoms with Gasteiger partial charge in [0.05, 0.1) is 12.7 Å². The first kappa shape index (κ1) is 15.5. The maximum absolute atomic E-state index is 13.6. The van der Waals surface area contributed by atoms with E-state index in [2.05, 4.69) is 5.32 Å². The Balaban J connectivity index is 2.06. The first-order chi connectivity index (χ1) is 10.0. The number of carbonyl (C=O) groups excluding carboxylic acids is 1. The SMILES string of the molecule is COCC(O)CCNC(=O)c1oc2c(F)cccc2c1C. The lowest BCUT2D eigenvalue weighted by molar-refractivity contribution is 0.0586. The zero-order valence-electron chi connectivity index (χ0n) is 12.0. The molecule has 2 aromatic rings. The number of para-hydroxylation sites is 1. The van der Waals surface area contributed by atoms with Crippen molar-refractivity contribution in [1.82, 2.24) is 5.32 Å². The third-order valence-corrected chi connectivity index (χ3v) is 3.24. The smallest absolute Gasteiger partial charge is 0.287 e. The minimum absolute atomic E-state index is 0.0829. The Labute approximate surface area is 121 Å². The number of benzene rings is 1. The van der Waals surface area contributed by atoms with Gasteiger partial charge in [0.2, 0.25) is 0 Å². The molecule has 1 aromatic carbocycles. The molecule has 0 spiro atoms. The van der Waals surface area contributed by atoms with Crippen molar-refractivity contribution in [1.29, 1.82) is 0 Å². The number of rotatable bonds is 6. The summed E-state index contributed by atoms with van der Waals surface area (Å²) in [5.74, 6) is -0.825. The van der Waals surface area contributed by atoms with Crippen molar-refractivity contribution in [3.8, 4) is 0 Å². The monoisotopic (exact) mass is 295 g/mol. The summed E-state index contributed by atoms with van der Waals surface area (Å²) in [6.07, 6.45) is -0.266. The molecule has 0 aliphatic heterocycles. The number of furan rings is 1. The Kier molecular flexibility index (Phi) is 4.93. The van der Waals surface area contributed by atoms with Crippen LogP contribution in [0.25, 0.3) is 11.0 Å². The van der Waals surface area contributed by atoms with E-state index >= 15 is 0 Å². The second-order valence-corrected chi connectivity index (χ2v) is 4.83. The van der Waals surface area contributed by atoms with Crippen LogP contribution in [0.2, 0.25) is 0 Å². The second kappa shape index (κ2) is 6.69. The van der Waals surface area contributed by atoms with Crippen molar-refractivity contribution < 1.29 is 23.4 Å². The molecule has 1 atom stereocenters. The molecule has 1 heterocycles. The lowest BCUT2D eigenvalue weighted by Crippen LogP contribution is -2.28. The number of fused-ring (bicyclic) bond motifs is 1. The molecule has 0 saturated carbocycles. The van der Waals surface area contributed by atoms with Gasteiger partial charge in [-0.25, -0.2) is 4.39 Å². The number of aliphatic hydroxyl groups is 1. The number of halogens is 1. The second-order valence-electron chi connectivity index (χ2n) is 4.83. The Morgan fingerprint density at radius 3 is 2.95 bits per heavy atom. The lowest BCUT2D eigenvalue weighted by atomic mass is 10.1. The Bertz CT molecular complexity index is 638. The van der Waals surface area contributed by atoms with Gasteiger partial charge in [-0.2, -0.15) is 0 Å². The highest BCUT2D eigenvalue weighted by atomic mass is 19.1. The molecule has 1 amide bonds. The molecular formula is C15H18FNO4. The maximum atomic E-state index is 13.6. The third kappa shape index (κ3) is 3.40. The standard InChI is InChI=1S/C15H18FNO4/c1-9-11-4-3-5-12(16)14(11)21-13(9)15(19)17-7-6-10(18)8-20-2/h3-5,10,18H,6-8H2,1-2H3,(H,17,19). The number of aliphatic hydroxyl groups excluding tert-OH is 1. The van der Waals surface area contributed by atoms with Crippen LogP contribution in [0, 0.1) is 12.7 Å². The zero-order valence-corrected chi connectivity index (χ0v) is 12.0. The average molecular weight is 295 g/mol. The molecule has 0 radical (unpaired) electrons. The third-order valence-electron chi connectivity index (χ3n) is 3.24. The molecule has 21 heavy (non-hydrogen) atoms. The van der Waals surface area contributed by atoms with Crippen LogP contribution in [0.3, 0.4) is 0 Å². The van der Waals surface area contributed by atoms with Gasteiger partial charge in [-0.05, 0) is 19.4 Å².